The van der Waals surface area contributed by atoms with Crippen LogP contribution in [0.1, 0.15) is 13.3 Å². The third kappa shape index (κ3) is 2.46. The summed E-state index contributed by atoms with van der Waals surface area (Å²) in [6, 6.07) is 0. The normalized spacial score (nSPS) is 29.8. The third-order valence-corrected chi connectivity index (χ3v) is 8.49. The smallest absolute Gasteiger partial charge is 0.0602 e. The van der Waals surface area contributed by atoms with E-state index in [-0.39, 0.29) is 0 Å². The molecule has 0 saturated carbocycles. The topological polar surface area (TPSA) is 0 Å². The van der Waals surface area contributed by atoms with Crippen molar-refractivity contribution in [3.63, 3.8) is 0 Å². The Morgan fingerprint density at radius 3 is 2.25 bits per heavy atom. The minimum atomic E-state index is 0.551. The van der Waals surface area contributed by atoms with Gasteiger partial charge >= 0.3 is 0 Å². The van der Waals surface area contributed by atoms with Crippen LogP contribution in [0, 0.1) is 0 Å². The zero-order valence-electron chi connectivity index (χ0n) is 7.25. The van der Waals surface area contributed by atoms with E-state index in [1.54, 1.807) is 0 Å². The van der Waals surface area contributed by atoms with Gasteiger partial charge < -0.3 is 0 Å². The van der Waals surface area contributed by atoms with Gasteiger partial charge in [0, 0.05) is 23.0 Å². The molecule has 2 heterocycles. The maximum Gasteiger partial charge on any atom is 0.0602 e. The molecule has 0 spiro atoms. The molecule has 4 heteroatoms. The second kappa shape index (κ2) is 4.28. The maximum absolute atomic E-state index is 2.43. The van der Waals surface area contributed by atoms with E-state index in [9.17, 15) is 0 Å². The molecular weight excluding hydrogens is 224 g/mol. The van der Waals surface area contributed by atoms with Crippen molar-refractivity contribution in [2.24, 2.45) is 0 Å². The molecule has 0 aromatic rings. The summed E-state index contributed by atoms with van der Waals surface area (Å²) in [5.41, 5.74) is 0. The van der Waals surface area contributed by atoms with Gasteiger partial charge in [-0.2, -0.15) is 0 Å². The summed E-state index contributed by atoms with van der Waals surface area (Å²) < 4.78 is 1.45. The van der Waals surface area contributed by atoms with Crippen molar-refractivity contribution in [1.29, 1.82) is 0 Å². The Kier molecular flexibility index (Phi) is 3.55. The highest BCUT2D eigenvalue weighted by Gasteiger charge is 2.34. The molecule has 0 unspecified atom stereocenters. The van der Waals surface area contributed by atoms with Crippen LogP contribution in [0.3, 0.4) is 0 Å². The van der Waals surface area contributed by atoms with Gasteiger partial charge in [-0.25, -0.2) is 0 Å². The largest absolute Gasteiger partial charge is 0.147 e. The van der Waals surface area contributed by atoms with E-state index in [2.05, 4.69) is 54.0 Å². The van der Waals surface area contributed by atoms with Crippen LogP contribution in [0.5, 0.6) is 0 Å². The molecule has 12 heavy (non-hydrogen) atoms. The molecule has 0 nitrogen and oxygen atoms in total. The summed E-state index contributed by atoms with van der Waals surface area (Å²) in [7, 11) is 0. The molecule has 0 aromatic carbocycles. The number of thioether (sulfide) groups is 4. The highest BCUT2D eigenvalue weighted by molar-refractivity contribution is 8.22. The van der Waals surface area contributed by atoms with Gasteiger partial charge in [-0.3, -0.25) is 0 Å². The fourth-order valence-corrected chi connectivity index (χ4v) is 8.02. The van der Waals surface area contributed by atoms with E-state index < -0.39 is 0 Å². The lowest BCUT2D eigenvalue weighted by Gasteiger charge is -2.24. The van der Waals surface area contributed by atoms with E-state index in [1.165, 1.54) is 29.4 Å². The quantitative estimate of drug-likeness (QED) is 0.723. The molecule has 0 radical (unpaired) electrons. The van der Waals surface area contributed by atoms with Crippen molar-refractivity contribution >= 4 is 47.0 Å². The Hall–Kier alpha value is 1.40. The second-order valence-corrected chi connectivity index (χ2v) is 9.58. The highest BCUT2D eigenvalue weighted by atomic mass is 32.2. The molecule has 0 amide bonds. The van der Waals surface area contributed by atoms with Gasteiger partial charge in [0.15, 0.2) is 0 Å². The zero-order valence-corrected chi connectivity index (χ0v) is 10.5. The Labute approximate surface area is 91.8 Å². The molecule has 2 aliphatic rings. The first kappa shape index (κ1) is 9.94. The minimum Gasteiger partial charge on any atom is -0.147 e. The molecule has 0 N–H and O–H groups in total. The van der Waals surface area contributed by atoms with Gasteiger partial charge in [-0.15, -0.1) is 47.0 Å². The average Bonchev–Trinajstić information content (AvgIpc) is 2.62. The fourth-order valence-electron chi connectivity index (χ4n) is 1.50. The van der Waals surface area contributed by atoms with E-state index in [0.717, 1.165) is 4.58 Å². The fraction of sp³-hybridized carbons (Fsp3) is 1.00. The minimum absolute atomic E-state index is 0.551. The maximum atomic E-state index is 2.43. The first-order valence-corrected chi connectivity index (χ1v) is 8.36. The molecule has 0 atom stereocenters. The Morgan fingerprint density at radius 1 is 1.08 bits per heavy atom. The van der Waals surface area contributed by atoms with Crippen molar-refractivity contribution < 1.29 is 0 Å². The number of rotatable bonds is 2. The second-order valence-electron chi connectivity index (χ2n) is 3.21. The van der Waals surface area contributed by atoms with Crippen molar-refractivity contribution in [3.05, 3.63) is 0 Å². The van der Waals surface area contributed by atoms with E-state index in [4.69, 9.17) is 0 Å². The predicted octanol–water partition coefficient (Wildman–Crippen LogP) is 3.38. The molecule has 2 saturated heterocycles. The summed E-state index contributed by atoms with van der Waals surface area (Å²) in [6.45, 7) is 2.43. The van der Waals surface area contributed by atoms with Crippen LogP contribution in [0.15, 0.2) is 0 Å². The summed E-state index contributed by atoms with van der Waals surface area (Å²) in [6.07, 6.45) is 1.40. The van der Waals surface area contributed by atoms with Crippen LogP contribution >= 0.6 is 47.0 Å². The van der Waals surface area contributed by atoms with Crippen LogP contribution in [-0.2, 0) is 0 Å². The molecule has 2 rings (SSSR count). The molecule has 0 aromatic heterocycles. The first-order chi connectivity index (χ1) is 5.79. The first-order valence-electron chi connectivity index (χ1n) is 4.30. The lowest BCUT2D eigenvalue weighted by Crippen LogP contribution is -2.15. The molecule has 70 valence electrons. The van der Waals surface area contributed by atoms with E-state index >= 15 is 0 Å². The molecule has 2 fully saturated rings. The average molecular weight is 238 g/mol. The Balaban J connectivity index is 1.83. The Bertz CT molecular complexity index is 147. The molecule has 2 aliphatic heterocycles. The van der Waals surface area contributed by atoms with Gasteiger partial charge in [0.25, 0.3) is 0 Å². The Morgan fingerprint density at radius 2 is 1.67 bits per heavy atom. The van der Waals surface area contributed by atoms with E-state index in [0.29, 0.717) is 4.08 Å². The van der Waals surface area contributed by atoms with Crippen molar-refractivity contribution in [3.8, 4) is 0 Å². The van der Waals surface area contributed by atoms with Crippen molar-refractivity contribution in [1.82, 2.24) is 0 Å². The van der Waals surface area contributed by atoms with Crippen LogP contribution in [0.25, 0.3) is 0 Å². The van der Waals surface area contributed by atoms with Gasteiger partial charge in [-0.1, -0.05) is 0 Å². The predicted molar refractivity (Wildman–Crippen MR) is 66.6 cm³/mol. The SMILES string of the molecule is CC1(CC2SCCS2)SCCS1. The van der Waals surface area contributed by atoms with Gasteiger partial charge in [-0.05, 0) is 13.3 Å². The number of hydrogen-bond donors (Lipinski definition) is 0. The molecule has 0 bridgehead atoms. The lowest BCUT2D eigenvalue weighted by molar-refractivity contribution is 0.843. The van der Waals surface area contributed by atoms with Crippen LogP contribution in [0.2, 0.25) is 0 Å². The van der Waals surface area contributed by atoms with E-state index in [1.807, 2.05) is 0 Å². The van der Waals surface area contributed by atoms with Gasteiger partial charge in [0.2, 0.25) is 0 Å². The summed E-state index contributed by atoms with van der Waals surface area (Å²) in [5, 5.41) is 0. The van der Waals surface area contributed by atoms with Gasteiger partial charge in [0.05, 0.1) is 8.66 Å². The molecule has 0 aliphatic carbocycles. The lowest BCUT2D eigenvalue weighted by atomic mass is 10.3. The van der Waals surface area contributed by atoms with Crippen molar-refractivity contribution in [2.45, 2.75) is 22.0 Å². The highest BCUT2D eigenvalue weighted by Crippen LogP contribution is 2.50. The van der Waals surface area contributed by atoms with Crippen LogP contribution in [-0.4, -0.2) is 31.7 Å². The summed E-state index contributed by atoms with van der Waals surface area (Å²) >= 11 is 8.66. The zero-order chi connectivity index (χ0) is 8.44. The summed E-state index contributed by atoms with van der Waals surface area (Å²) in [4.78, 5) is 0. The monoisotopic (exact) mass is 238 g/mol. The van der Waals surface area contributed by atoms with Gasteiger partial charge in [0.1, 0.15) is 0 Å². The van der Waals surface area contributed by atoms with Crippen LogP contribution < -0.4 is 0 Å². The van der Waals surface area contributed by atoms with Crippen molar-refractivity contribution in [2.75, 3.05) is 23.0 Å². The third-order valence-electron chi connectivity index (χ3n) is 2.13. The number of hydrogen-bond acceptors (Lipinski definition) is 4. The summed E-state index contributed by atoms with van der Waals surface area (Å²) in [5.74, 6) is 5.48. The molecular formula is C8H14S4. The standard InChI is InChI=1S/C8H14S4/c1-8(11-4-5-12-8)6-7-9-2-3-10-7/h7H,2-6H2,1H3. The van der Waals surface area contributed by atoms with Crippen LogP contribution in [0.4, 0.5) is 0 Å².